The molecule has 0 aliphatic carbocycles. The van der Waals surface area contributed by atoms with Crippen molar-refractivity contribution in [2.45, 2.75) is 12.5 Å². The van der Waals surface area contributed by atoms with E-state index in [0.717, 1.165) is 0 Å². The Bertz CT molecular complexity index is 556. The number of amides is 1. The second-order valence-electron chi connectivity index (χ2n) is 4.25. The number of halogens is 1. The molecule has 1 aliphatic heterocycles. The summed E-state index contributed by atoms with van der Waals surface area (Å²) in [6.07, 6.45) is -0.663. The maximum absolute atomic E-state index is 10.8. The summed E-state index contributed by atoms with van der Waals surface area (Å²) >= 11 is 6.01. The van der Waals surface area contributed by atoms with Crippen LogP contribution in [0.4, 0.5) is 10.5 Å². The summed E-state index contributed by atoms with van der Waals surface area (Å²) < 4.78 is 5.64. The summed E-state index contributed by atoms with van der Waals surface area (Å²) in [6.45, 7) is 0.702. The van der Waals surface area contributed by atoms with Crippen molar-refractivity contribution >= 4 is 23.4 Å². The smallest absolute Gasteiger partial charge is 0.407 e. The van der Waals surface area contributed by atoms with E-state index in [1.54, 1.807) is 0 Å². The van der Waals surface area contributed by atoms with Gasteiger partial charge < -0.3 is 20.5 Å². The average molecular weight is 282 g/mol. The van der Waals surface area contributed by atoms with Crippen LogP contribution in [0.2, 0.25) is 5.02 Å². The Morgan fingerprint density at radius 1 is 1.63 bits per heavy atom. The van der Waals surface area contributed by atoms with Crippen LogP contribution in [-0.2, 0) is 0 Å². The summed E-state index contributed by atoms with van der Waals surface area (Å²) in [5.41, 5.74) is 6.30. The zero-order chi connectivity index (χ0) is 14.0. The number of nitrogen functional groups attached to an aromatic ring is 1. The lowest BCUT2D eigenvalue weighted by atomic mass is 10.2. The zero-order valence-corrected chi connectivity index (χ0v) is 10.7. The van der Waals surface area contributed by atoms with E-state index in [1.165, 1.54) is 17.0 Å². The molecule has 0 radical (unpaired) electrons. The van der Waals surface area contributed by atoms with Crippen LogP contribution >= 0.6 is 11.6 Å². The number of nitriles is 1. The molecule has 0 spiro atoms. The summed E-state index contributed by atoms with van der Waals surface area (Å²) in [4.78, 5) is 12.1. The predicted molar refractivity (Wildman–Crippen MR) is 69.2 cm³/mol. The Hall–Kier alpha value is -2.13. The van der Waals surface area contributed by atoms with Gasteiger partial charge in [-0.1, -0.05) is 11.6 Å². The van der Waals surface area contributed by atoms with Crippen LogP contribution in [0.1, 0.15) is 12.0 Å². The second-order valence-corrected chi connectivity index (χ2v) is 4.62. The van der Waals surface area contributed by atoms with Crippen molar-refractivity contribution in [1.82, 2.24) is 4.90 Å². The Morgan fingerprint density at radius 2 is 2.37 bits per heavy atom. The molecular formula is C12H12ClN3O3. The van der Waals surface area contributed by atoms with E-state index in [4.69, 9.17) is 32.4 Å². The molecule has 1 aliphatic rings. The highest BCUT2D eigenvalue weighted by molar-refractivity contribution is 6.34. The fraction of sp³-hybridized carbons (Fsp3) is 0.333. The van der Waals surface area contributed by atoms with Gasteiger partial charge in [-0.15, -0.1) is 0 Å². The van der Waals surface area contributed by atoms with E-state index in [0.29, 0.717) is 24.3 Å². The SMILES string of the molecule is N#Cc1cc(N)c(Cl)c(OC2CCN(C(=O)O)C2)c1. The van der Waals surface area contributed by atoms with Crippen molar-refractivity contribution < 1.29 is 14.6 Å². The van der Waals surface area contributed by atoms with E-state index in [2.05, 4.69) is 0 Å². The van der Waals surface area contributed by atoms with Gasteiger partial charge in [0.2, 0.25) is 0 Å². The fourth-order valence-electron chi connectivity index (χ4n) is 1.95. The third-order valence-corrected chi connectivity index (χ3v) is 3.31. The van der Waals surface area contributed by atoms with Crippen LogP contribution in [0.25, 0.3) is 0 Å². The first-order chi connectivity index (χ1) is 9.01. The molecule has 3 N–H and O–H groups in total. The van der Waals surface area contributed by atoms with E-state index in [9.17, 15) is 4.79 Å². The fourth-order valence-corrected chi connectivity index (χ4v) is 2.10. The minimum absolute atomic E-state index is 0.243. The highest BCUT2D eigenvalue weighted by Crippen LogP contribution is 2.33. The average Bonchev–Trinajstić information content (AvgIpc) is 2.83. The molecule has 1 aromatic rings. The van der Waals surface area contributed by atoms with E-state index < -0.39 is 6.09 Å². The first kappa shape index (κ1) is 13.3. The number of carboxylic acid groups (broad SMARTS) is 1. The number of hydrogen-bond donors (Lipinski definition) is 2. The highest BCUT2D eigenvalue weighted by Gasteiger charge is 2.28. The van der Waals surface area contributed by atoms with Crippen molar-refractivity contribution in [3.63, 3.8) is 0 Å². The Labute approximate surface area is 114 Å². The van der Waals surface area contributed by atoms with Crippen molar-refractivity contribution in [2.75, 3.05) is 18.8 Å². The Kier molecular flexibility index (Phi) is 3.67. The maximum Gasteiger partial charge on any atom is 0.407 e. The number of nitrogens with two attached hydrogens (primary N) is 1. The van der Waals surface area contributed by atoms with E-state index in [1.807, 2.05) is 6.07 Å². The summed E-state index contributed by atoms with van der Waals surface area (Å²) in [6, 6.07) is 4.93. The van der Waals surface area contributed by atoms with Crippen molar-refractivity contribution in [3.05, 3.63) is 22.7 Å². The van der Waals surface area contributed by atoms with Crippen LogP contribution in [0.3, 0.4) is 0 Å². The molecule has 1 fully saturated rings. The molecule has 1 heterocycles. The first-order valence-electron chi connectivity index (χ1n) is 5.65. The van der Waals surface area contributed by atoms with Gasteiger partial charge in [0.15, 0.2) is 0 Å². The molecule has 100 valence electrons. The molecule has 1 amide bonds. The lowest BCUT2D eigenvalue weighted by Gasteiger charge is -2.16. The van der Waals surface area contributed by atoms with Gasteiger partial charge in [0.25, 0.3) is 0 Å². The standard InChI is InChI=1S/C12H12ClN3O3/c13-11-9(15)3-7(5-14)4-10(11)19-8-1-2-16(6-8)12(17)18/h3-4,8H,1-2,6,15H2,(H,17,18). The first-order valence-corrected chi connectivity index (χ1v) is 6.02. The normalized spacial score (nSPS) is 18.1. The lowest BCUT2D eigenvalue weighted by Crippen LogP contribution is -2.29. The van der Waals surface area contributed by atoms with Crippen LogP contribution in [0.5, 0.6) is 5.75 Å². The topological polar surface area (TPSA) is 99.6 Å². The molecule has 2 rings (SSSR count). The number of nitrogens with zero attached hydrogens (tertiary/aromatic N) is 2. The number of hydrogen-bond acceptors (Lipinski definition) is 4. The number of ether oxygens (including phenoxy) is 1. The monoisotopic (exact) mass is 281 g/mol. The van der Waals surface area contributed by atoms with Gasteiger partial charge in [0.1, 0.15) is 16.9 Å². The molecule has 0 aromatic heterocycles. The molecule has 6 nitrogen and oxygen atoms in total. The van der Waals surface area contributed by atoms with Crippen LogP contribution in [0, 0.1) is 11.3 Å². The van der Waals surface area contributed by atoms with E-state index >= 15 is 0 Å². The highest BCUT2D eigenvalue weighted by atomic mass is 35.5. The number of likely N-dealkylation sites (tertiary alicyclic amines) is 1. The number of benzene rings is 1. The minimum Gasteiger partial charge on any atom is -0.487 e. The predicted octanol–water partition coefficient (Wildman–Crippen LogP) is 1.92. The zero-order valence-electron chi connectivity index (χ0n) is 9.97. The van der Waals surface area contributed by atoms with Crippen LogP contribution in [-0.4, -0.2) is 35.3 Å². The van der Waals surface area contributed by atoms with Gasteiger partial charge in [-0.2, -0.15) is 5.26 Å². The number of carbonyl (C=O) groups is 1. The molecule has 1 aromatic carbocycles. The largest absolute Gasteiger partial charge is 0.487 e. The maximum atomic E-state index is 10.8. The number of rotatable bonds is 2. The molecule has 0 bridgehead atoms. The lowest BCUT2D eigenvalue weighted by molar-refractivity contribution is 0.145. The van der Waals surface area contributed by atoms with Gasteiger partial charge in [-0.25, -0.2) is 4.79 Å². The van der Waals surface area contributed by atoms with Crippen molar-refractivity contribution in [1.29, 1.82) is 5.26 Å². The third-order valence-electron chi connectivity index (χ3n) is 2.91. The van der Waals surface area contributed by atoms with Gasteiger partial charge in [0, 0.05) is 13.0 Å². The minimum atomic E-state index is -0.970. The quantitative estimate of drug-likeness (QED) is 0.807. The Balaban J connectivity index is 2.14. The number of anilines is 1. The summed E-state index contributed by atoms with van der Waals surface area (Å²) in [5.74, 6) is 0.315. The van der Waals surface area contributed by atoms with Crippen molar-refractivity contribution in [3.8, 4) is 11.8 Å². The second kappa shape index (κ2) is 5.24. The molecule has 0 saturated carbocycles. The summed E-state index contributed by atoms with van der Waals surface area (Å²) in [7, 11) is 0. The van der Waals surface area contributed by atoms with Gasteiger partial charge in [-0.05, 0) is 12.1 Å². The van der Waals surface area contributed by atoms with Gasteiger partial charge in [0.05, 0.1) is 23.9 Å². The van der Waals surface area contributed by atoms with E-state index in [-0.39, 0.29) is 23.4 Å². The van der Waals surface area contributed by atoms with Crippen molar-refractivity contribution in [2.24, 2.45) is 0 Å². The Morgan fingerprint density at radius 3 is 2.95 bits per heavy atom. The van der Waals surface area contributed by atoms with Crippen LogP contribution < -0.4 is 10.5 Å². The summed E-state index contributed by atoms with van der Waals surface area (Å²) in [5, 5.41) is 18.0. The molecule has 7 heteroatoms. The molecule has 1 atom stereocenters. The molecule has 19 heavy (non-hydrogen) atoms. The van der Waals surface area contributed by atoms with Gasteiger partial charge in [-0.3, -0.25) is 0 Å². The third kappa shape index (κ3) is 2.83. The van der Waals surface area contributed by atoms with Gasteiger partial charge >= 0.3 is 6.09 Å². The molecular weight excluding hydrogens is 270 g/mol. The van der Waals surface area contributed by atoms with Crippen LogP contribution in [0.15, 0.2) is 12.1 Å². The molecule has 1 saturated heterocycles. The molecule has 1 unspecified atom stereocenters.